The van der Waals surface area contributed by atoms with E-state index in [-0.39, 0.29) is 11.3 Å². The minimum Gasteiger partial charge on any atom is -0.345 e. The van der Waals surface area contributed by atoms with Gasteiger partial charge in [-0.15, -0.1) is 0 Å². The van der Waals surface area contributed by atoms with Gasteiger partial charge >= 0.3 is 0 Å². The largest absolute Gasteiger partial charge is 0.345 e. The maximum atomic E-state index is 12.7. The molecule has 2 N–H and O–H groups in total. The summed E-state index contributed by atoms with van der Waals surface area (Å²) in [5.41, 5.74) is 6.84. The van der Waals surface area contributed by atoms with Crippen molar-refractivity contribution in [3.63, 3.8) is 0 Å². The van der Waals surface area contributed by atoms with E-state index in [1.807, 2.05) is 24.1 Å². The monoisotopic (exact) mass is 275 g/mol. The molecule has 1 heterocycles. The fourth-order valence-electron chi connectivity index (χ4n) is 3.09. The summed E-state index contributed by atoms with van der Waals surface area (Å²) in [5, 5.41) is 0. The number of hydrogen-bond acceptors (Lipinski definition) is 3. The standard InChI is InChI=1S/C16H25N3O/c1-19(12-7-14-5-10-18-11-6-14)15(20)16(13-17)8-3-2-4-9-16/h5-6,10-11H,2-4,7-9,12-13,17H2,1H3. The average Bonchev–Trinajstić information content (AvgIpc) is 2.53. The first-order valence-electron chi connectivity index (χ1n) is 7.52. The zero-order valence-corrected chi connectivity index (χ0v) is 12.3. The van der Waals surface area contributed by atoms with Gasteiger partial charge in [0.2, 0.25) is 5.91 Å². The maximum Gasteiger partial charge on any atom is 0.229 e. The first kappa shape index (κ1) is 15.0. The van der Waals surface area contributed by atoms with E-state index >= 15 is 0 Å². The first-order chi connectivity index (χ1) is 9.68. The molecular weight excluding hydrogens is 250 g/mol. The van der Waals surface area contributed by atoms with E-state index in [1.54, 1.807) is 12.4 Å². The van der Waals surface area contributed by atoms with Crippen molar-refractivity contribution >= 4 is 5.91 Å². The maximum absolute atomic E-state index is 12.7. The third-order valence-electron chi connectivity index (χ3n) is 4.49. The highest BCUT2D eigenvalue weighted by Crippen LogP contribution is 2.36. The molecule has 1 fully saturated rings. The minimum absolute atomic E-state index is 0.230. The molecule has 2 rings (SSSR count). The molecule has 0 aliphatic heterocycles. The van der Waals surface area contributed by atoms with E-state index in [0.717, 1.165) is 38.6 Å². The summed E-state index contributed by atoms with van der Waals surface area (Å²) in [5.74, 6) is 0.230. The number of pyridine rings is 1. The zero-order chi connectivity index (χ0) is 14.4. The Morgan fingerprint density at radius 1 is 1.30 bits per heavy atom. The summed E-state index contributed by atoms with van der Waals surface area (Å²) in [6.07, 6.45) is 9.83. The third-order valence-corrected chi connectivity index (χ3v) is 4.49. The van der Waals surface area contributed by atoms with Gasteiger partial charge in [0.15, 0.2) is 0 Å². The molecule has 1 aromatic rings. The van der Waals surface area contributed by atoms with Crippen molar-refractivity contribution in [1.82, 2.24) is 9.88 Å². The van der Waals surface area contributed by atoms with Gasteiger partial charge in [-0.3, -0.25) is 9.78 Å². The Hall–Kier alpha value is -1.42. The smallest absolute Gasteiger partial charge is 0.229 e. The second-order valence-corrected chi connectivity index (χ2v) is 5.88. The van der Waals surface area contributed by atoms with Gasteiger partial charge in [-0.05, 0) is 37.0 Å². The van der Waals surface area contributed by atoms with Crippen LogP contribution in [0.25, 0.3) is 0 Å². The van der Waals surface area contributed by atoms with Crippen molar-refractivity contribution in [1.29, 1.82) is 0 Å². The summed E-state index contributed by atoms with van der Waals surface area (Å²) in [7, 11) is 1.90. The normalized spacial score (nSPS) is 17.7. The molecule has 20 heavy (non-hydrogen) atoms. The van der Waals surface area contributed by atoms with E-state index in [2.05, 4.69) is 4.98 Å². The van der Waals surface area contributed by atoms with Crippen molar-refractivity contribution in [3.05, 3.63) is 30.1 Å². The Kier molecular flexibility index (Phi) is 5.12. The van der Waals surface area contributed by atoms with E-state index < -0.39 is 0 Å². The molecule has 0 radical (unpaired) electrons. The summed E-state index contributed by atoms with van der Waals surface area (Å²) >= 11 is 0. The first-order valence-corrected chi connectivity index (χ1v) is 7.52. The Labute approximate surface area is 121 Å². The summed E-state index contributed by atoms with van der Waals surface area (Å²) in [6.45, 7) is 1.22. The number of nitrogens with two attached hydrogens (primary N) is 1. The lowest BCUT2D eigenvalue weighted by Crippen LogP contribution is -2.48. The summed E-state index contributed by atoms with van der Waals surface area (Å²) in [6, 6.07) is 4.00. The van der Waals surface area contributed by atoms with Gasteiger partial charge in [-0.1, -0.05) is 19.3 Å². The van der Waals surface area contributed by atoms with Crippen LogP contribution >= 0.6 is 0 Å². The Morgan fingerprint density at radius 2 is 1.95 bits per heavy atom. The van der Waals surface area contributed by atoms with Crippen LogP contribution in [0.2, 0.25) is 0 Å². The van der Waals surface area contributed by atoms with Gasteiger partial charge in [-0.25, -0.2) is 0 Å². The van der Waals surface area contributed by atoms with Gasteiger partial charge < -0.3 is 10.6 Å². The number of likely N-dealkylation sites (N-methyl/N-ethyl adjacent to an activating group) is 1. The second kappa shape index (κ2) is 6.84. The fraction of sp³-hybridized carbons (Fsp3) is 0.625. The number of carbonyl (C=O) groups excluding carboxylic acids is 1. The lowest BCUT2D eigenvalue weighted by atomic mass is 9.73. The molecule has 0 atom stereocenters. The van der Waals surface area contributed by atoms with Crippen LogP contribution in [0.5, 0.6) is 0 Å². The molecule has 0 unspecified atom stereocenters. The number of rotatable bonds is 5. The van der Waals surface area contributed by atoms with Gasteiger partial charge in [0, 0.05) is 32.5 Å². The molecule has 0 saturated heterocycles. The van der Waals surface area contributed by atoms with Crippen LogP contribution < -0.4 is 5.73 Å². The van der Waals surface area contributed by atoms with Crippen LogP contribution in [-0.2, 0) is 11.2 Å². The van der Waals surface area contributed by atoms with Crippen molar-refractivity contribution in [2.45, 2.75) is 38.5 Å². The quantitative estimate of drug-likeness (QED) is 0.894. The molecule has 1 aliphatic carbocycles. The van der Waals surface area contributed by atoms with Crippen LogP contribution in [0.4, 0.5) is 0 Å². The van der Waals surface area contributed by atoms with Crippen LogP contribution in [-0.4, -0.2) is 35.9 Å². The SMILES string of the molecule is CN(CCc1ccncc1)C(=O)C1(CN)CCCCC1. The highest BCUT2D eigenvalue weighted by molar-refractivity contribution is 5.83. The predicted molar refractivity (Wildman–Crippen MR) is 80.2 cm³/mol. The van der Waals surface area contributed by atoms with Crippen molar-refractivity contribution in [2.75, 3.05) is 20.1 Å². The van der Waals surface area contributed by atoms with Crippen LogP contribution in [0.15, 0.2) is 24.5 Å². The van der Waals surface area contributed by atoms with Crippen molar-refractivity contribution in [3.8, 4) is 0 Å². The van der Waals surface area contributed by atoms with Gasteiger partial charge in [0.05, 0.1) is 5.41 Å². The number of hydrogen-bond donors (Lipinski definition) is 1. The molecule has 1 amide bonds. The predicted octanol–water partition coefficient (Wildman–Crippen LogP) is 1.99. The van der Waals surface area contributed by atoms with Gasteiger partial charge in [-0.2, -0.15) is 0 Å². The summed E-state index contributed by atoms with van der Waals surface area (Å²) < 4.78 is 0. The van der Waals surface area contributed by atoms with E-state index in [1.165, 1.54) is 12.0 Å². The molecule has 0 aromatic carbocycles. The topological polar surface area (TPSA) is 59.2 Å². The molecule has 0 bridgehead atoms. The Balaban J connectivity index is 1.93. The average molecular weight is 275 g/mol. The lowest BCUT2D eigenvalue weighted by molar-refractivity contribution is -0.142. The lowest BCUT2D eigenvalue weighted by Gasteiger charge is -2.37. The van der Waals surface area contributed by atoms with E-state index in [9.17, 15) is 4.79 Å². The molecule has 4 nitrogen and oxygen atoms in total. The number of nitrogens with zero attached hydrogens (tertiary/aromatic N) is 2. The Bertz CT molecular complexity index is 427. The van der Waals surface area contributed by atoms with E-state index in [0.29, 0.717) is 6.54 Å². The third kappa shape index (κ3) is 3.37. The molecule has 4 heteroatoms. The minimum atomic E-state index is -0.300. The highest BCUT2D eigenvalue weighted by atomic mass is 16.2. The second-order valence-electron chi connectivity index (χ2n) is 5.88. The van der Waals surface area contributed by atoms with Crippen LogP contribution in [0.3, 0.4) is 0 Å². The van der Waals surface area contributed by atoms with Gasteiger partial charge in [0.25, 0.3) is 0 Å². The van der Waals surface area contributed by atoms with Crippen molar-refractivity contribution in [2.24, 2.45) is 11.1 Å². The Morgan fingerprint density at radius 3 is 2.55 bits per heavy atom. The number of carbonyl (C=O) groups is 1. The van der Waals surface area contributed by atoms with Crippen LogP contribution in [0.1, 0.15) is 37.7 Å². The molecule has 1 aromatic heterocycles. The molecular formula is C16H25N3O. The van der Waals surface area contributed by atoms with E-state index in [4.69, 9.17) is 5.73 Å². The number of aromatic nitrogens is 1. The zero-order valence-electron chi connectivity index (χ0n) is 12.3. The van der Waals surface area contributed by atoms with Gasteiger partial charge in [0.1, 0.15) is 0 Å². The molecule has 1 aliphatic rings. The van der Waals surface area contributed by atoms with Crippen molar-refractivity contribution < 1.29 is 4.79 Å². The molecule has 1 saturated carbocycles. The number of amides is 1. The summed E-state index contributed by atoms with van der Waals surface area (Å²) in [4.78, 5) is 18.6. The fourth-order valence-corrected chi connectivity index (χ4v) is 3.09. The molecule has 0 spiro atoms. The highest BCUT2D eigenvalue weighted by Gasteiger charge is 2.39. The molecule has 110 valence electrons. The van der Waals surface area contributed by atoms with Crippen LogP contribution in [0, 0.1) is 5.41 Å².